The second-order valence-electron chi connectivity index (χ2n) is 6.98. The average molecular weight is 422 g/mol. The molecule has 1 aliphatic heterocycles. The van der Waals surface area contributed by atoms with Crippen LogP contribution in [0, 0.1) is 0 Å². The monoisotopic (exact) mass is 422 g/mol. The number of amides is 2. The maximum Gasteiger partial charge on any atom is 0.416 e. The third-order valence-corrected chi connectivity index (χ3v) is 4.38. The zero-order valence-electron chi connectivity index (χ0n) is 16.5. The molecule has 1 aliphatic rings. The molecule has 0 unspecified atom stereocenters. The standard InChI is InChI=1S/C21H21F3N2O4/c1-13(2)30-17-7-6-15(18(11-17)21(22,23)24)12-25-19(27)14-4-3-5-16(10-14)26-8-9-29-20(26)28/h3-7,10-11,13H,8-9,12H2,1-2H3,(H,25,27). The van der Waals surface area contributed by atoms with Crippen molar-refractivity contribution in [3.05, 3.63) is 59.2 Å². The Morgan fingerprint density at radius 2 is 2.00 bits per heavy atom. The summed E-state index contributed by atoms with van der Waals surface area (Å²) in [5, 5.41) is 2.50. The van der Waals surface area contributed by atoms with E-state index in [1.165, 1.54) is 29.2 Å². The second-order valence-corrected chi connectivity index (χ2v) is 6.98. The van der Waals surface area contributed by atoms with Crippen LogP contribution < -0.4 is 15.0 Å². The van der Waals surface area contributed by atoms with Gasteiger partial charge in [0.2, 0.25) is 0 Å². The molecule has 0 saturated carbocycles. The number of cyclic esters (lactones) is 1. The first-order valence-corrected chi connectivity index (χ1v) is 9.34. The lowest BCUT2D eigenvalue weighted by Gasteiger charge is -2.17. The van der Waals surface area contributed by atoms with Crippen molar-refractivity contribution in [1.29, 1.82) is 0 Å². The van der Waals surface area contributed by atoms with Gasteiger partial charge in [0.1, 0.15) is 12.4 Å². The molecule has 0 aliphatic carbocycles. The van der Waals surface area contributed by atoms with Crippen LogP contribution >= 0.6 is 0 Å². The van der Waals surface area contributed by atoms with Gasteiger partial charge < -0.3 is 14.8 Å². The molecule has 30 heavy (non-hydrogen) atoms. The van der Waals surface area contributed by atoms with Crippen molar-refractivity contribution in [3.8, 4) is 5.75 Å². The summed E-state index contributed by atoms with van der Waals surface area (Å²) in [6.45, 7) is 3.75. The van der Waals surface area contributed by atoms with Gasteiger partial charge >= 0.3 is 12.3 Å². The molecule has 0 bridgehead atoms. The van der Waals surface area contributed by atoms with Crippen molar-refractivity contribution in [3.63, 3.8) is 0 Å². The van der Waals surface area contributed by atoms with Gasteiger partial charge in [0.05, 0.1) is 18.2 Å². The normalized spacial score (nSPS) is 14.1. The number of hydrogen-bond donors (Lipinski definition) is 1. The Bertz CT molecular complexity index is 944. The van der Waals surface area contributed by atoms with E-state index in [-0.39, 0.29) is 36.1 Å². The molecule has 0 spiro atoms. The molecule has 2 amide bonds. The van der Waals surface area contributed by atoms with Crippen LogP contribution in [0.4, 0.5) is 23.7 Å². The fourth-order valence-electron chi connectivity index (χ4n) is 3.04. The highest BCUT2D eigenvalue weighted by Gasteiger charge is 2.34. The maximum atomic E-state index is 13.5. The number of carbonyl (C=O) groups excluding carboxylic acids is 2. The maximum absolute atomic E-state index is 13.5. The molecule has 3 rings (SSSR count). The zero-order valence-corrected chi connectivity index (χ0v) is 16.5. The topological polar surface area (TPSA) is 67.9 Å². The average Bonchev–Trinajstić information content (AvgIpc) is 3.11. The Morgan fingerprint density at radius 1 is 1.23 bits per heavy atom. The minimum atomic E-state index is -4.59. The Hall–Kier alpha value is -3.23. The van der Waals surface area contributed by atoms with Gasteiger partial charge in [-0.1, -0.05) is 12.1 Å². The van der Waals surface area contributed by atoms with E-state index in [0.29, 0.717) is 12.2 Å². The van der Waals surface area contributed by atoms with E-state index in [4.69, 9.17) is 9.47 Å². The SMILES string of the molecule is CC(C)Oc1ccc(CNC(=O)c2cccc(N3CCOC3=O)c2)c(C(F)(F)F)c1. The van der Waals surface area contributed by atoms with Crippen molar-refractivity contribution in [2.75, 3.05) is 18.1 Å². The highest BCUT2D eigenvalue weighted by molar-refractivity contribution is 5.97. The summed E-state index contributed by atoms with van der Waals surface area (Å²) in [6.07, 6.45) is -5.37. The Kier molecular flexibility index (Phi) is 6.19. The number of halogens is 3. The van der Waals surface area contributed by atoms with E-state index in [0.717, 1.165) is 6.07 Å². The number of alkyl halides is 3. The van der Waals surface area contributed by atoms with Crippen LogP contribution in [0.3, 0.4) is 0 Å². The number of benzene rings is 2. The first-order valence-electron chi connectivity index (χ1n) is 9.34. The van der Waals surface area contributed by atoms with Gasteiger partial charge in [0.15, 0.2) is 0 Å². The summed E-state index contributed by atoms with van der Waals surface area (Å²) < 4.78 is 50.6. The molecule has 6 nitrogen and oxygen atoms in total. The summed E-state index contributed by atoms with van der Waals surface area (Å²) in [5.41, 5.74) is -0.238. The van der Waals surface area contributed by atoms with Crippen LogP contribution in [0.5, 0.6) is 5.75 Å². The summed E-state index contributed by atoms with van der Waals surface area (Å²) >= 11 is 0. The van der Waals surface area contributed by atoms with Gasteiger partial charge in [0, 0.05) is 17.8 Å². The molecule has 2 aromatic carbocycles. The molecule has 2 aromatic rings. The lowest BCUT2D eigenvalue weighted by atomic mass is 10.1. The van der Waals surface area contributed by atoms with Crippen LogP contribution in [0.1, 0.15) is 35.3 Å². The highest BCUT2D eigenvalue weighted by atomic mass is 19.4. The molecule has 1 fully saturated rings. The number of nitrogens with one attached hydrogen (secondary N) is 1. The van der Waals surface area contributed by atoms with Crippen LogP contribution in [0.25, 0.3) is 0 Å². The minimum absolute atomic E-state index is 0.0776. The fraction of sp³-hybridized carbons (Fsp3) is 0.333. The molecule has 0 radical (unpaired) electrons. The number of carbonyl (C=O) groups is 2. The molecule has 0 aromatic heterocycles. The Balaban J connectivity index is 1.75. The van der Waals surface area contributed by atoms with Crippen molar-refractivity contribution in [2.24, 2.45) is 0 Å². The highest BCUT2D eigenvalue weighted by Crippen LogP contribution is 2.34. The molecule has 1 saturated heterocycles. The van der Waals surface area contributed by atoms with Crippen LogP contribution in [0.15, 0.2) is 42.5 Å². The lowest BCUT2D eigenvalue weighted by Crippen LogP contribution is -2.26. The smallest absolute Gasteiger partial charge is 0.416 e. The first-order chi connectivity index (χ1) is 14.1. The van der Waals surface area contributed by atoms with Crippen molar-refractivity contribution in [2.45, 2.75) is 32.7 Å². The Morgan fingerprint density at radius 3 is 2.63 bits per heavy atom. The lowest BCUT2D eigenvalue weighted by molar-refractivity contribution is -0.138. The molecule has 9 heteroatoms. The zero-order chi connectivity index (χ0) is 21.9. The van der Waals surface area contributed by atoms with Crippen LogP contribution in [0.2, 0.25) is 0 Å². The van der Waals surface area contributed by atoms with Crippen molar-refractivity contribution in [1.82, 2.24) is 5.32 Å². The van der Waals surface area contributed by atoms with E-state index in [1.54, 1.807) is 26.0 Å². The predicted octanol–water partition coefficient (Wildman–Crippen LogP) is 4.38. The van der Waals surface area contributed by atoms with E-state index >= 15 is 0 Å². The van der Waals surface area contributed by atoms with Gasteiger partial charge in [-0.25, -0.2) is 4.79 Å². The summed E-state index contributed by atoms with van der Waals surface area (Å²) in [7, 11) is 0. The first kappa shape index (κ1) is 21.5. The van der Waals surface area contributed by atoms with Crippen LogP contribution in [-0.4, -0.2) is 31.3 Å². The Labute approximate surface area is 171 Å². The predicted molar refractivity (Wildman–Crippen MR) is 104 cm³/mol. The van der Waals surface area contributed by atoms with E-state index in [1.807, 2.05) is 0 Å². The fourth-order valence-corrected chi connectivity index (χ4v) is 3.04. The van der Waals surface area contributed by atoms with Gasteiger partial charge in [-0.3, -0.25) is 9.69 Å². The molecule has 0 atom stereocenters. The van der Waals surface area contributed by atoms with Gasteiger partial charge in [0.25, 0.3) is 5.91 Å². The number of rotatable bonds is 6. The molecular weight excluding hydrogens is 401 g/mol. The summed E-state index contributed by atoms with van der Waals surface area (Å²) in [6, 6.07) is 9.92. The largest absolute Gasteiger partial charge is 0.491 e. The number of nitrogens with zero attached hydrogens (tertiary/aromatic N) is 1. The number of hydrogen-bond acceptors (Lipinski definition) is 4. The third kappa shape index (κ3) is 5.03. The van der Waals surface area contributed by atoms with Crippen molar-refractivity contribution >= 4 is 17.7 Å². The summed E-state index contributed by atoms with van der Waals surface area (Å²) in [5.74, 6) is -0.447. The van der Waals surface area contributed by atoms with Gasteiger partial charge in [-0.2, -0.15) is 13.2 Å². The molecule has 160 valence electrons. The molecule has 1 heterocycles. The van der Waals surface area contributed by atoms with E-state index in [9.17, 15) is 22.8 Å². The van der Waals surface area contributed by atoms with E-state index in [2.05, 4.69) is 5.32 Å². The third-order valence-electron chi connectivity index (χ3n) is 4.38. The van der Waals surface area contributed by atoms with Gasteiger partial charge in [-0.05, 0) is 49.7 Å². The number of ether oxygens (including phenoxy) is 2. The van der Waals surface area contributed by atoms with Crippen LogP contribution in [-0.2, 0) is 17.5 Å². The second kappa shape index (κ2) is 8.64. The minimum Gasteiger partial charge on any atom is -0.491 e. The quantitative estimate of drug-likeness (QED) is 0.750. The molecule has 1 N–H and O–H groups in total. The molecular formula is C21H21F3N2O4. The van der Waals surface area contributed by atoms with E-state index < -0.39 is 23.7 Å². The van der Waals surface area contributed by atoms with Gasteiger partial charge in [-0.15, -0.1) is 0 Å². The number of anilines is 1. The van der Waals surface area contributed by atoms with Crippen molar-refractivity contribution < 1.29 is 32.2 Å². The summed E-state index contributed by atoms with van der Waals surface area (Å²) in [4.78, 5) is 25.5.